The molecular formula is C21H41N5O3. The first kappa shape index (κ1) is 23.9. The van der Waals surface area contributed by atoms with Crippen LogP contribution < -0.4 is 10.6 Å². The Kier molecular flexibility index (Phi) is 9.65. The maximum atomic E-state index is 12.0. The molecular weight excluding hydrogens is 370 g/mol. The number of hydrogen-bond donors (Lipinski definition) is 2. The van der Waals surface area contributed by atoms with Crippen LogP contribution in [0.5, 0.6) is 0 Å². The second-order valence-corrected chi connectivity index (χ2v) is 8.28. The Labute approximate surface area is 176 Å². The molecule has 1 saturated heterocycles. The minimum Gasteiger partial charge on any atom is -0.381 e. The quantitative estimate of drug-likeness (QED) is 0.316. The molecule has 0 spiro atoms. The largest absolute Gasteiger partial charge is 0.381 e. The van der Waals surface area contributed by atoms with Crippen molar-refractivity contribution in [2.24, 2.45) is 10.4 Å². The molecule has 1 heterocycles. The van der Waals surface area contributed by atoms with E-state index in [1.807, 2.05) is 0 Å². The number of aliphatic imine (C=N–C) groups is 1. The van der Waals surface area contributed by atoms with Gasteiger partial charge in [0.15, 0.2) is 5.96 Å². The summed E-state index contributed by atoms with van der Waals surface area (Å²) >= 11 is 0. The van der Waals surface area contributed by atoms with Gasteiger partial charge in [-0.05, 0) is 32.2 Å². The zero-order valence-electron chi connectivity index (χ0n) is 19.0. The number of carbonyl (C=O) groups excluding carboxylic acids is 1. The summed E-state index contributed by atoms with van der Waals surface area (Å²) in [5, 5.41) is 7.04. The minimum absolute atomic E-state index is 0.0000375. The lowest BCUT2D eigenvalue weighted by molar-refractivity contribution is -0.127. The number of ether oxygens (including phenoxy) is 2. The second-order valence-electron chi connectivity index (χ2n) is 8.28. The standard InChI is InChI=1S/C21H41N5O3/c1-6-21(7-2)17(15-18(21)28-5)24-20(23-16-19(27)25(3)4)22-9-8-10-26-11-13-29-14-12-26/h17-18H,6-16H2,1-5H3,(H2,22,23,24). The maximum absolute atomic E-state index is 12.0. The molecule has 2 N–H and O–H groups in total. The van der Waals surface area contributed by atoms with Crippen LogP contribution in [0.2, 0.25) is 0 Å². The van der Waals surface area contributed by atoms with E-state index < -0.39 is 0 Å². The summed E-state index contributed by atoms with van der Waals surface area (Å²) in [4.78, 5) is 20.6. The van der Waals surface area contributed by atoms with Crippen molar-refractivity contribution in [3.8, 4) is 0 Å². The van der Waals surface area contributed by atoms with Gasteiger partial charge in [0.2, 0.25) is 5.91 Å². The molecule has 0 bridgehead atoms. The van der Waals surface area contributed by atoms with E-state index in [4.69, 9.17) is 9.47 Å². The Bertz CT molecular complexity index is 530. The predicted octanol–water partition coefficient (Wildman–Crippen LogP) is 0.926. The number of hydrogen-bond acceptors (Lipinski definition) is 5. The van der Waals surface area contributed by atoms with Gasteiger partial charge >= 0.3 is 0 Å². The van der Waals surface area contributed by atoms with E-state index >= 15 is 0 Å². The molecule has 0 aromatic heterocycles. The fourth-order valence-corrected chi connectivity index (χ4v) is 4.42. The molecule has 2 unspecified atom stereocenters. The second kappa shape index (κ2) is 11.7. The van der Waals surface area contributed by atoms with Crippen LogP contribution in [0.3, 0.4) is 0 Å². The highest BCUT2D eigenvalue weighted by atomic mass is 16.5. The Balaban J connectivity index is 1.92. The molecule has 0 aromatic rings. The van der Waals surface area contributed by atoms with E-state index in [9.17, 15) is 4.79 Å². The molecule has 2 rings (SSSR count). The Hall–Kier alpha value is -1.38. The fraction of sp³-hybridized carbons (Fsp3) is 0.905. The maximum Gasteiger partial charge on any atom is 0.243 e. The summed E-state index contributed by atoms with van der Waals surface area (Å²) in [5.41, 5.74) is 0.122. The van der Waals surface area contributed by atoms with E-state index in [-0.39, 0.29) is 24.0 Å². The van der Waals surface area contributed by atoms with Crippen molar-refractivity contribution in [2.75, 3.05) is 67.1 Å². The Morgan fingerprint density at radius 3 is 2.55 bits per heavy atom. The summed E-state index contributed by atoms with van der Waals surface area (Å²) in [7, 11) is 5.32. The van der Waals surface area contributed by atoms with Crippen molar-refractivity contribution in [2.45, 2.75) is 51.7 Å². The topological polar surface area (TPSA) is 78.4 Å². The van der Waals surface area contributed by atoms with Gasteiger partial charge in [-0.2, -0.15) is 0 Å². The van der Waals surface area contributed by atoms with Crippen LogP contribution in [0.1, 0.15) is 39.5 Å². The zero-order chi connectivity index (χ0) is 21.3. The lowest BCUT2D eigenvalue weighted by Gasteiger charge is -2.55. The highest BCUT2D eigenvalue weighted by Crippen LogP contribution is 2.48. The summed E-state index contributed by atoms with van der Waals surface area (Å²) in [6, 6.07) is 0.308. The normalized spacial score (nSPS) is 24.7. The molecule has 2 atom stereocenters. The number of methoxy groups -OCH3 is 1. The molecule has 1 saturated carbocycles. The van der Waals surface area contributed by atoms with Gasteiger partial charge in [0.05, 0.1) is 19.3 Å². The van der Waals surface area contributed by atoms with Crippen LogP contribution in [-0.4, -0.2) is 101 Å². The lowest BCUT2D eigenvalue weighted by atomic mass is 9.58. The summed E-state index contributed by atoms with van der Waals surface area (Å²) in [6.07, 6.45) is 4.39. The van der Waals surface area contributed by atoms with Crippen molar-refractivity contribution < 1.29 is 14.3 Å². The highest BCUT2D eigenvalue weighted by molar-refractivity contribution is 5.85. The molecule has 1 aliphatic carbocycles. The lowest BCUT2D eigenvalue weighted by Crippen LogP contribution is -2.65. The van der Waals surface area contributed by atoms with E-state index in [1.165, 1.54) is 0 Å². The summed E-state index contributed by atoms with van der Waals surface area (Å²) in [6.45, 7) is 10.1. The number of likely N-dealkylation sites (N-methyl/N-ethyl adjacent to an activating group) is 1. The molecule has 29 heavy (non-hydrogen) atoms. The van der Waals surface area contributed by atoms with Crippen LogP contribution in [0, 0.1) is 5.41 Å². The molecule has 0 aromatic carbocycles. The average Bonchev–Trinajstić information content (AvgIpc) is 2.72. The number of rotatable bonds is 10. The Morgan fingerprint density at radius 1 is 1.28 bits per heavy atom. The molecule has 2 fully saturated rings. The number of nitrogens with zero attached hydrogens (tertiary/aromatic N) is 3. The first-order valence-corrected chi connectivity index (χ1v) is 11.0. The van der Waals surface area contributed by atoms with E-state index in [0.717, 1.165) is 71.0 Å². The van der Waals surface area contributed by atoms with Crippen LogP contribution in [-0.2, 0) is 14.3 Å². The van der Waals surface area contributed by atoms with Gasteiger partial charge in [0, 0.05) is 52.3 Å². The van der Waals surface area contributed by atoms with Crippen LogP contribution in [0.4, 0.5) is 0 Å². The summed E-state index contributed by atoms with van der Waals surface area (Å²) in [5.74, 6) is 0.730. The van der Waals surface area contributed by atoms with Crippen molar-refractivity contribution in [1.29, 1.82) is 0 Å². The molecule has 1 amide bonds. The third-order valence-electron chi connectivity index (χ3n) is 6.62. The molecule has 0 radical (unpaired) electrons. The van der Waals surface area contributed by atoms with E-state index in [1.54, 1.807) is 26.1 Å². The van der Waals surface area contributed by atoms with Gasteiger partial charge in [0.25, 0.3) is 0 Å². The highest BCUT2D eigenvalue weighted by Gasteiger charge is 2.53. The van der Waals surface area contributed by atoms with Crippen molar-refractivity contribution >= 4 is 11.9 Å². The van der Waals surface area contributed by atoms with Gasteiger partial charge in [-0.15, -0.1) is 0 Å². The molecule has 8 nitrogen and oxygen atoms in total. The molecule has 8 heteroatoms. The SMILES string of the molecule is CCC1(CC)C(NC(=NCC(=O)N(C)C)NCCCN2CCOCC2)CC1OC. The fourth-order valence-electron chi connectivity index (χ4n) is 4.42. The smallest absolute Gasteiger partial charge is 0.243 e. The number of carbonyl (C=O) groups is 1. The van der Waals surface area contributed by atoms with Gasteiger partial charge in [-0.25, -0.2) is 4.99 Å². The minimum atomic E-state index is 0.0000375. The molecule has 168 valence electrons. The van der Waals surface area contributed by atoms with Crippen molar-refractivity contribution in [1.82, 2.24) is 20.4 Å². The van der Waals surface area contributed by atoms with Gasteiger partial charge in [-0.3, -0.25) is 9.69 Å². The van der Waals surface area contributed by atoms with Crippen LogP contribution >= 0.6 is 0 Å². The zero-order valence-corrected chi connectivity index (χ0v) is 19.0. The Morgan fingerprint density at radius 2 is 1.97 bits per heavy atom. The first-order chi connectivity index (χ1) is 14.0. The third kappa shape index (κ3) is 6.30. The average molecular weight is 412 g/mol. The molecule has 1 aliphatic heterocycles. The van der Waals surface area contributed by atoms with Crippen LogP contribution in [0.25, 0.3) is 0 Å². The van der Waals surface area contributed by atoms with Gasteiger partial charge in [-0.1, -0.05) is 13.8 Å². The van der Waals surface area contributed by atoms with Crippen molar-refractivity contribution in [3.05, 3.63) is 0 Å². The monoisotopic (exact) mass is 411 g/mol. The number of morpholine rings is 1. The van der Waals surface area contributed by atoms with Crippen molar-refractivity contribution in [3.63, 3.8) is 0 Å². The van der Waals surface area contributed by atoms with Gasteiger partial charge < -0.3 is 25.0 Å². The molecule has 2 aliphatic rings. The number of guanidine groups is 1. The third-order valence-corrected chi connectivity index (χ3v) is 6.62. The number of nitrogens with one attached hydrogen (secondary N) is 2. The van der Waals surface area contributed by atoms with Crippen LogP contribution in [0.15, 0.2) is 4.99 Å². The van der Waals surface area contributed by atoms with E-state index in [2.05, 4.69) is 34.4 Å². The summed E-state index contributed by atoms with van der Waals surface area (Å²) < 4.78 is 11.1. The predicted molar refractivity (Wildman–Crippen MR) is 116 cm³/mol. The number of amides is 1. The van der Waals surface area contributed by atoms with Gasteiger partial charge in [0.1, 0.15) is 6.54 Å². The van der Waals surface area contributed by atoms with E-state index in [0.29, 0.717) is 6.04 Å². The first-order valence-electron chi connectivity index (χ1n) is 11.0.